The third kappa shape index (κ3) is 2.56. The molecule has 0 spiro atoms. The quantitative estimate of drug-likeness (QED) is 0.759. The lowest BCUT2D eigenvalue weighted by Gasteiger charge is -2.21. The number of carboxylic acids is 1. The number of ether oxygens (including phenoxy) is 1. The highest BCUT2D eigenvalue weighted by Gasteiger charge is 2.19. The molecule has 0 aliphatic rings. The molecule has 0 radical (unpaired) electrons. The Morgan fingerprint density at radius 1 is 1.71 bits per heavy atom. The van der Waals surface area contributed by atoms with Crippen LogP contribution in [0, 0.1) is 0 Å². The predicted octanol–water partition coefficient (Wildman–Crippen LogP) is 1.08. The van der Waals surface area contributed by atoms with Gasteiger partial charge in [-0.2, -0.15) is 5.10 Å². The third-order valence-corrected chi connectivity index (χ3v) is 2.02. The lowest BCUT2D eigenvalue weighted by Crippen LogP contribution is -2.25. The number of nitrogens with one attached hydrogen (secondary N) is 1. The average molecular weight is 198 g/mol. The van der Waals surface area contributed by atoms with Crippen molar-refractivity contribution in [1.82, 2.24) is 10.2 Å². The highest BCUT2D eigenvalue weighted by atomic mass is 16.5. The maximum Gasteiger partial charge on any atom is 0.356 e. The number of hydrogen-bond donors (Lipinski definition) is 2. The van der Waals surface area contributed by atoms with Gasteiger partial charge in [-0.05, 0) is 19.9 Å². The molecule has 0 fully saturated rings. The SMILES string of the molecule is COC(C)(C)Cc1cc(C(=O)O)n[nH]1. The summed E-state index contributed by atoms with van der Waals surface area (Å²) >= 11 is 0. The molecule has 0 unspecified atom stereocenters. The van der Waals surface area contributed by atoms with Crippen LogP contribution in [0.4, 0.5) is 0 Å². The molecule has 1 aromatic rings. The van der Waals surface area contributed by atoms with Crippen LogP contribution in [0.5, 0.6) is 0 Å². The maximum absolute atomic E-state index is 10.5. The van der Waals surface area contributed by atoms with Crippen LogP contribution in [-0.4, -0.2) is 34.0 Å². The van der Waals surface area contributed by atoms with Crippen LogP contribution in [0.3, 0.4) is 0 Å². The van der Waals surface area contributed by atoms with Gasteiger partial charge in [0.25, 0.3) is 0 Å². The molecule has 0 aromatic carbocycles. The van der Waals surface area contributed by atoms with Crippen molar-refractivity contribution in [2.45, 2.75) is 25.9 Å². The summed E-state index contributed by atoms with van der Waals surface area (Å²) in [4.78, 5) is 10.5. The van der Waals surface area contributed by atoms with Crippen LogP contribution in [0.1, 0.15) is 30.0 Å². The van der Waals surface area contributed by atoms with Gasteiger partial charge in [0.1, 0.15) is 0 Å². The van der Waals surface area contributed by atoms with E-state index in [0.717, 1.165) is 5.69 Å². The third-order valence-electron chi connectivity index (χ3n) is 2.02. The number of rotatable bonds is 4. The summed E-state index contributed by atoms with van der Waals surface area (Å²) in [6.07, 6.45) is 0.601. The van der Waals surface area contributed by atoms with E-state index in [4.69, 9.17) is 9.84 Å². The topological polar surface area (TPSA) is 75.2 Å². The number of hydrogen-bond acceptors (Lipinski definition) is 3. The number of aromatic amines is 1. The molecule has 2 N–H and O–H groups in total. The van der Waals surface area contributed by atoms with Gasteiger partial charge < -0.3 is 9.84 Å². The first-order valence-corrected chi connectivity index (χ1v) is 4.27. The normalized spacial score (nSPS) is 11.6. The van der Waals surface area contributed by atoms with Gasteiger partial charge in [-0.15, -0.1) is 0 Å². The second-order valence-corrected chi connectivity index (χ2v) is 3.72. The zero-order valence-electron chi connectivity index (χ0n) is 8.50. The highest BCUT2D eigenvalue weighted by molar-refractivity contribution is 5.85. The van der Waals surface area contributed by atoms with Gasteiger partial charge in [0, 0.05) is 19.2 Å². The number of aromatic carboxylic acids is 1. The lowest BCUT2D eigenvalue weighted by molar-refractivity contribution is 0.0224. The predicted molar refractivity (Wildman–Crippen MR) is 50.3 cm³/mol. The minimum Gasteiger partial charge on any atom is -0.476 e. The molecule has 0 bridgehead atoms. The molecule has 1 rings (SSSR count). The van der Waals surface area contributed by atoms with Crippen LogP contribution in [0.15, 0.2) is 6.07 Å². The van der Waals surface area contributed by atoms with Crippen LogP contribution in [0.25, 0.3) is 0 Å². The highest BCUT2D eigenvalue weighted by Crippen LogP contribution is 2.14. The van der Waals surface area contributed by atoms with Crippen molar-refractivity contribution in [3.8, 4) is 0 Å². The van der Waals surface area contributed by atoms with E-state index in [1.165, 1.54) is 6.07 Å². The van der Waals surface area contributed by atoms with Crippen LogP contribution in [-0.2, 0) is 11.2 Å². The van der Waals surface area contributed by atoms with Crippen molar-refractivity contribution in [2.75, 3.05) is 7.11 Å². The Kier molecular flexibility index (Phi) is 2.90. The van der Waals surface area contributed by atoms with Gasteiger partial charge in [-0.25, -0.2) is 4.79 Å². The van der Waals surface area contributed by atoms with Crippen molar-refractivity contribution in [2.24, 2.45) is 0 Å². The van der Waals surface area contributed by atoms with Crippen molar-refractivity contribution < 1.29 is 14.6 Å². The van der Waals surface area contributed by atoms with Gasteiger partial charge in [0.15, 0.2) is 5.69 Å². The van der Waals surface area contributed by atoms with E-state index in [0.29, 0.717) is 6.42 Å². The fraction of sp³-hybridized carbons (Fsp3) is 0.556. The van der Waals surface area contributed by atoms with Gasteiger partial charge in [0.2, 0.25) is 0 Å². The van der Waals surface area contributed by atoms with Crippen molar-refractivity contribution >= 4 is 5.97 Å². The Hall–Kier alpha value is -1.36. The molecule has 0 aliphatic heterocycles. The number of nitrogens with zero attached hydrogens (tertiary/aromatic N) is 1. The van der Waals surface area contributed by atoms with Crippen LogP contribution < -0.4 is 0 Å². The molecule has 0 aliphatic carbocycles. The van der Waals surface area contributed by atoms with E-state index in [2.05, 4.69) is 10.2 Å². The number of aromatic nitrogens is 2. The van der Waals surface area contributed by atoms with Crippen LogP contribution >= 0.6 is 0 Å². The molecular weight excluding hydrogens is 184 g/mol. The molecule has 5 nitrogen and oxygen atoms in total. The van der Waals surface area contributed by atoms with E-state index in [-0.39, 0.29) is 11.3 Å². The molecule has 14 heavy (non-hydrogen) atoms. The van der Waals surface area contributed by atoms with Crippen molar-refractivity contribution in [3.05, 3.63) is 17.5 Å². The summed E-state index contributed by atoms with van der Waals surface area (Å²) in [6, 6.07) is 1.52. The van der Waals surface area contributed by atoms with Crippen LogP contribution in [0.2, 0.25) is 0 Å². The Labute approximate surface area is 82.1 Å². The summed E-state index contributed by atoms with van der Waals surface area (Å²) in [7, 11) is 1.62. The summed E-state index contributed by atoms with van der Waals surface area (Å²) in [5.41, 5.74) is 0.476. The fourth-order valence-corrected chi connectivity index (χ4v) is 1.09. The Balaban J connectivity index is 2.73. The zero-order chi connectivity index (χ0) is 10.8. The standard InChI is InChI=1S/C9H14N2O3/c1-9(2,14-3)5-6-4-7(8(12)13)11-10-6/h4H,5H2,1-3H3,(H,10,11)(H,12,13). The zero-order valence-corrected chi connectivity index (χ0v) is 8.50. The van der Waals surface area contributed by atoms with Gasteiger partial charge >= 0.3 is 5.97 Å². The summed E-state index contributed by atoms with van der Waals surface area (Å²) < 4.78 is 5.22. The Morgan fingerprint density at radius 3 is 2.79 bits per heavy atom. The molecule has 1 aromatic heterocycles. The second kappa shape index (κ2) is 3.79. The molecule has 78 valence electrons. The smallest absolute Gasteiger partial charge is 0.356 e. The summed E-state index contributed by atoms with van der Waals surface area (Å²) in [5.74, 6) is -1.03. The van der Waals surface area contributed by atoms with E-state index < -0.39 is 5.97 Å². The lowest BCUT2D eigenvalue weighted by atomic mass is 10.0. The monoisotopic (exact) mass is 198 g/mol. The Bertz CT molecular complexity index is 331. The molecule has 0 saturated heterocycles. The first-order chi connectivity index (χ1) is 6.44. The number of carbonyl (C=O) groups is 1. The van der Waals surface area contributed by atoms with Gasteiger partial charge in [0.05, 0.1) is 5.60 Å². The van der Waals surface area contributed by atoms with E-state index in [9.17, 15) is 4.79 Å². The molecule has 0 atom stereocenters. The van der Waals surface area contributed by atoms with E-state index in [1.54, 1.807) is 7.11 Å². The minimum atomic E-state index is -1.03. The number of methoxy groups -OCH3 is 1. The molecule has 5 heteroatoms. The number of carboxylic acid groups (broad SMARTS) is 1. The first kappa shape index (κ1) is 10.7. The molecule has 0 amide bonds. The fourth-order valence-electron chi connectivity index (χ4n) is 1.09. The largest absolute Gasteiger partial charge is 0.476 e. The number of H-pyrrole nitrogens is 1. The molecular formula is C9H14N2O3. The van der Waals surface area contributed by atoms with Crippen molar-refractivity contribution in [1.29, 1.82) is 0 Å². The first-order valence-electron chi connectivity index (χ1n) is 4.27. The van der Waals surface area contributed by atoms with E-state index >= 15 is 0 Å². The van der Waals surface area contributed by atoms with Crippen molar-refractivity contribution in [3.63, 3.8) is 0 Å². The average Bonchev–Trinajstić information content (AvgIpc) is 2.52. The van der Waals surface area contributed by atoms with E-state index in [1.807, 2.05) is 13.8 Å². The van der Waals surface area contributed by atoms with Gasteiger partial charge in [-0.1, -0.05) is 0 Å². The Morgan fingerprint density at radius 2 is 2.36 bits per heavy atom. The summed E-state index contributed by atoms with van der Waals surface area (Å²) in [5, 5.41) is 15.0. The van der Waals surface area contributed by atoms with Gasteiger partial charge in [-0.3, -0.25) is 5.10 Å². The minimum absolute atomic E-state index is 0.0342. The second-order valence-electron chi connectivity index (χ2n) is 3.72. The maximum atomic E-state index is 10.5. The molecule has 1 heterocycles. The molecule has 0 saturated carbocycles. The summed E-state index contributed by atoms with van der Waals surface area (Å²) in [6.45, 7) is 3.85.